The van der Waals surface area contributed by atoms with Gasteiger partial charge in [0.2, 0.25) is 0 Å². The van der Waals surface area contributed by atoms with Crippen molar-refractivity contribution in [2.75, 3.05) is 23.7 Å². The van der Waals surface area contributed by atoms with E-state index in [-0.39, 0.29) is 24.7 Å². The minimum atomic E-state index is -2.64. The van der Waals surface area contributed by atoms with Gasteiger partial charge < -0.3 is 10.6 Å². The molecule has 0 aliphatic carbocycles. The molecule has 0 spiro atoms. The van der Waals surface area contributed by atoms with Crippen LogP contribution in [0.5, 0.6) is 0 Å². The Kier molecular flexibility index (Phi) is 2.42. The van der Waals surface area contributed by atoms with Gasteiger partial charge in [0, 0.05) is 19.0 Å². The number of anilines is 2. The Morgan fingerprint density at radius 3 is 2.87 bits per heavy atom. The molecule has 3 nitrogen and oxygen atoms in total. The third kappa shape index (κ3) is 2.12. The lowest BCUT2D eigenvalue weighted by molar-refractivity contribution is 0.0257. The van der Waals surface area contributed by atoms with Gasteiger partial charge >= 0.3 is 0 Å². The second kappa shape index (κ2) is 3.48. The first-order valence-electron chi connectivity index (χ1n) is 4.52. The molecular weight excluding hydrogens is 224 g/mol. The zero-order valence-electron chi connectivity index (χ0n) is 7.88. The highest BCUT2D eigenvalue weighted by atomic mass is 35.5. The van der Waals surface area contributed by atoms with Crippen LogP contribution < -0.4 is 10.6 Å². The number of rotatable bonds is 1. The van der Waals surface area contributed by atoms with E-state index in [1.54, 1.807) is 0 Å². The van der Waals surface area contributed by atoms with Gasteiger partial charge in [-0.3, -0.25) is 0 Å². The summed E-state index contributed by atoms with van der Waals surface area (Å²) in [5.41, 5.74) is 6.56. The first kappa shape index (κ1) is 10.4. The molecule has 0 aromatic carbocycles. The predicted molar refractivity (Wildman–Crippen MR) is 55.4 cm³/mol. The van der Waals surface area contributed by atoms with Crippen LogP contribution in [0.25, 0.3) is 0 Å². The Morgan fingerprint density at radius 1 is 1.53 bits per heavy atom. The van der Waals surface area contributed by atoms with E-state index < -0.39 is 5.92 Å². The van der Waals surface area contributed by atoms with Crippen LogP contribution in [-0.2, 0) is 0 Å². The fourth-order valence-corrected chi connectivity index (χ4v) is 1.80. The van der Waals surface area contributed by atoms with Crippen molar-refractivity contribution in [1.82, 2.24) is 4.98 Å². The molecule has 0 saturated carbocycles. The number of halogens is 3. The highest BCUT2D eigenvalue weighted by molar-refractivity contribution is 6.29. The number of alkyl halides is 2. The van der Waals surface area contributed by atoms with Crippen molar-refractivity contribution in [3.8, 4) is 0 Å². The van der Waals surface area contributed by atoms with Gasteiger partial charge in [-0.05, 0) is 0 Å². The van der Waals surface area contributed by atoms with Gasteiger partial charge in [0.05, 0.1) is 24.1 Å². The molecule has 2 rings (SSSR count). The first-order chi connectivity index (χ1) is 6.98. The van der Waals surface area contributed by atoms with Crippen molar-refractivity contribution in [3.63, 3.8) is 0 Å². The van der Waals surface area contributed by atoms with E-state index in [2.05, 4.69) is 4.98 Å². The highest BCUT2D eigenvalue weighted by Gasteiger charge is 2.38. The largest absolute Gasteiger partial charge is 0.396 e. The number of hydrogen-bond donors (Lipinski definition) is 1. The maximum absolute atomic E-state index is 13.0. The molecule has 1 aromatic rings. The molecule has 0 bridgehead atoms. The molecule has 0 atom stereocenters. The van der Waals surface area contributed by atoms with Gasteiger partial charge in [-0.15, -0.1) is 0 Å². The Hall–Kier alpha value is -1.10. The summed E-state index contributed by atoms with van der Waals surface area (Å²) in [5.74, 6) is -2.64. The lowest BCUT2D eigenvalue weighted by atomic mass is 10.3. The van der Waals surface area contributed by atoms with Crippen LogP contribution in [0.4, 0.5) is 20.2 Å². The van der Waals surface area contributed by atoms with E-state index in [1.807, 2.05) is 0 Å². The van der Waals surface area contributed by atoms with E-state index in [4.69, 9.17) is 17.3 Å². The molecule has 2 heterocycles. The number of aromatic nitrogens is 1. The molecule has 0 amide bonds. The monoisotopic (exact) mass is 233 g/mol. The average Bonchev–Trinajstić information content (AvgIpc) is 2.50. The van der Waals surface area contributed by atoms with E-state index in [0.717, 1.165) is 0 Å². The maximum atomic E-state index is 13.0. The van der Waals surface area contributed by atoms with Crippen molar-refractivity contribution in [1.29, 1.82) is 0 Å². The minimum Gasteiger partial charge on any atom is -0.396 e. The molecule has 1 saturated heterocycles. The van der Waals surface area contributed by atoms with Crippen LogP contribution in [0, 0.1) is 0 Å². The standard InChI is InChI=1S/C9H10ClF2N3/c10-8-3-7(6(13)4-14-8)15-2-1-9(11,12)5-15/h3-4H,1-2,5,13H2. The fourth-order valence-electron chi connectivity index (χ4n) is 1.65. The van der Waals surface area contributed by atoms with Crippen molar-refractivity contribution in [3.05, 3.63) is 17.4 Å². The van der Waals surface area contributed by atoms with Crippen LogP contribution in [0.15, 0.2) is 12.3 Å². The SMILES string of the molecule is Nc1cnc(Cl)cc1N1CCC(F)(F)C1. The molecule has 0 unspecified atom stereocenters. The summed E-state index contributed by atoms with van der Waals surface area (Å²) in [5, 5.41) is 0.259. The molecule has 0 radical (unpaired) electrons. The molecule has 82 valence electrons. The van der Waals surface area contributed by atoms with Gasteiger partial charge in [0.1, 0.15) is 5.15 Å². The quantitative estimate of drug-likeness (QED) is 0.756. The maximum Gasteiger partial charge on any atom is 0.266 e. The molecule has 2 N–H and O–H groups in total. The normalized spacial score (nSPS) is 19.5. The molecule has 15 heavy (non-hydrogen) atoms. The Labute approximate surface area is 90.8 Å². The highest BCUT2D eigenvalue weighted by Crippen LogP contribution is 2.34. The average molecular weight is 234 g/mol. The summed E-state index contributed by atoms with van der Waals surface area (Å²) >= 11 is 5.69. The summed E-state index contributed by atoms with van der Waals surface area (Å²) in [7, 11) is 0. The van der Waals surface area contributed by atoms with Crippen molar-refractivity contribution < 1.29 is 8.78 Å². The lowest BCUT2D eigenvalue weighted by Crippen LogP contribution is -2.25. The zero-order valence-corrected chi connectivity index (χ0v) is 8.64. The number of hydrogen-bond acceptors (Lipinski definition) is 3. The third-order valence-electron chi connectivity index (χ3n) is 2.39. The smallest absolute Gasteiger partial charge is 0.266 e. The second-order valence-electron chi connectivity index (χ2n) is 3.59. The molecular formula is C9H10ClF2N3. The van der Waals surface area contributed by atoms with Crippen LogP contribution in [0.1, 0.15) is 6.42 Å². The number of nitrogens with zero attached hydrogens (tertiary/aromatic N) is 2. The lowest BCUT2D eigenvalue weighted by Gasteiger charge is -2.19. The fraction of sp³-hybridized carbons (Fsp3) is 0.444. The Balaban J connectivity index is 2.27. The molecule has 1 aromatic heterocycles. The summed E-state index contributed by atoms with van der Waals surface area (Å²) in [4.78, 5) is 5.30. The van der Waals surface area contributed by atoms with E-state index in [0.29, 0.717) is 11.4 Å². The van der Waals surface area contributed by atoms with Gasteiger partial charge in [-0.25, -0.2) is 13.8 Å². The van der Waals surface area contributed by atoms with Crippen LogP contribution in [0.3, 0.4) is 0 Å². The summed E-state index contributed by atoms with van der Waals surface area (Å²) in [6, 6.07) is 1.51. The zero-order chi connectivity index (χ0) is 11.1. The van der Waals surface area contributed by atoms with Gasteiger partial charge in [0.25, 0.3) is 5.92 Å². The van der Waals surface area contributed by atoms with Gasteiger partial charge in [-0.2, -0.15) is 0 Å². The first-order valence-corrected chi connectivity index (χ1v) is 4.89. The predicted octanol–water partition coefficient (Wildman–Crippen LogP) is 2.16. The van der Waals surface area contributed by atoms with Crippen molar-refractivity contribution in [2.24, 2.45) is 0 Å². The minimum absolute atomic E-state index is 0.146. The van der Waals surface area contributed by atoms with Crippen LogP contribution in [0.2, 0.25) is 5.15 Å². The van der Waals surface area contributed by atoms with Gasteiger partial charge in [-0.1, -0.05) is 11.6 Å². The Morgan fingerprint density at radius 2 is 2.27 bits per heavy atom. The molecule has 1 fully saturated rings. The second-order valence-corrected chi connectivity index (χ2v) is 3.98. The third-order valence-corrected chi connectivity index (χ3v) is 2.60. The molecule has 1 aliphatic heterocycles. The number of nitrogens with two attached hydrogens (primary N) is 1. The van der Waals surface area contributed by atoms with Crippen molar-refractivity contribution >= 4 is 23.0 Å². The summed E-state index contributed by atoms with van der Waals surface area (Å²) < 4.78 is 26.0. The summed E-state index contributed by atoms with van der Waals surface area (Å²) in [6.07, 6.45) is 1.24. The number of pyridine rings is 1. The van der Waals surface area contributed by atoms with Gasteiger partial charge in [0.15, 0.2) is 0 Å². The van der Waals surface area contributed by atoms with E-state index >= 15 is 0 Å². The summed E-state index contributed by atoms with van der Waals surface area (Å²) in [6.45, 7) is -0.0188. The van der Waals surface area contributed by atoms with E-state index in [9.17, 15) is 8.78 Å². The topological polar surface area (TPSA) is 42.1 Å². The van der Waals surface area contributed by atoms with Crippen LogP contribution >= 0.6 is 11.6 Å². The van der Waals surface area contributed by atoms with Crippen LogP contribution in [-0.4, -0.2) is 24.0 Å². The molecule has 6 heteroatoms. The van der Waals surface area contributed by atoms with E-state index in [1.165, 1.54) is 17.2 Å². The Bertz CT molecular complexity index is 384. The number of nitrogen functional groups attached to an aromatic ring is 1. The molecule has 1 aliphatic rings. The van der Waals surface area contributed by atoms with Crippen molar-refractivity contribution in [2.45, 2.75) is 12.3 Å².